The van der Waals surface area contributed by atoms with E-state index >= 15 is 0 Å². The van der Waals surface area contributed by atoms with Crippen molar-refractivity contribution < 1.29 is 38.8 Å². The molecule has 2 rings (SSSR count). The van der Waals surface area contributed by atoms with E-state index in [-0.39, 0.29) is 42.8 Å². The van der Waals surface area contributed by atoms with E-state index in [2.05, 4.69) is 32.5 Å². The molecule has 1 radical (unpaired) electrons. The molecule has 38 heavy (non-hydrogen) atoms. The van der Waals surface area contributed by atoms with Crippen molar-refractivity contribution >= 4 is 25.4 Å². The predicted octanol–water partition coefficient (Wildman–Crippen LogP) is 2.01. The van der Waals surface area contributed by atoms with Gasteiger partial charge in [-0.05, 0) is 58.4 Å². The summed E-state index contributed by atoms with van der Waals surface area (Å²) in [4.78, 5) is 31.8. The van der Waals surface area contributed by atoms with E-state index in [0.29, 0.717) is 18.4 Å². The van der Waals surface area contributed by atoms with Gasteiger partial charge in [0.2, 0.25) is 5.91 Å². The van der Waals surface area contributed by atoms with Crippen LogP contribution in [0.5, 0.6) is 0 Å². The van der Waals surface area contributed by atoms with Crippen molar-refractivity contribution in [3.8, 4) is 0 Å². The number of allylic oxidation sites excluding steroid dienone is 2. The van der Waals surface area contributed by atoms with Crippen molar-refractivity contribution in [2.24, 2.45) is 17.6 Å². The number of amides is 1. The molecule has 2 aliphatic rings. The highest BCUT2D eigenvalue weighted by atomic mass is 16.5. The topological polar surface area (TPSA) is 145 Å². The van der Waals surface area contributed by atoms with Gasteiger partial charge in [-0.15, -0.1) is 0 Å². The maximum absolute atomic E-state index is 11.3. The third-order valence-electron chi connectivity index (χ3n) is 6.60. The van der Waals surface area contributed by atoms with E-state index in [1.165, 1.54) is 19.4 Å². The summed E-state index contributed by atoms with van der Waals surface area (Å²) in [6, 6.07) is 0. The van der Waals surface area contributed by atoms with Crippen LogP contribution in [0.3, 0.4) is 0 Å². The minimum Gasteiger partial charge on any atom is -0.459 e. The van der Waals surface area contributed by atoms with Gasteiger partial charge in [0.25, 0.3) is 0 Å². The average Bonchev–Trinajstić information content (AvgIpc) is 2.83. The molecule has 2 fully saturated rings. The van der Waals surface area contributed by atoms with Crippen LogP contribution in [-0.4, -0.2) is 78.8 Å². The van der Waals surface area contributed by atoms with Gasteiger partial charge in [-0.25, -0.2) is 0 Å². The van der Waals surface area contributed by atoms with E-state index in [9.17, 15) is 24.6 Å². The van der Waals surface area contributed by atoms with Crippen LogP contribution in [0.4, 0.5) is 0 Å². The van der Waals surface area contributed by atoms with Gasteiger partial charge >= 0.3 is 5.97 Å². The van der Waals surface area contributed by atoms with Crippen molar-refractivity contribution in [2.75, 3.05) is 6.61 Å². The Morgan fingerprint density at radius 3 is 2.42 bits per heavy atom. The number of aliphatic hydroxyl groups excluding tert-OH is 2. The van der Waals surface area contributed by atoms with E-state index in [1.807, 2.05) is 19.1 Å². The fourth-order valence-electron chi connectivity index (χ4n) is 4.45. The average molecular weight is 534 g/mol. The van der Waals surface area contributed by atoms with Gasteiger partial charge < -0.3 is 35.0 Å². The summed E-state index contributed by atoms with van der Waals surface area (Å²) in [6.07, 6.45) is 10.9. The molecule has 2 heterocycles. The van der Waals surface area contributed by atoms with Crippen LogP contribution < -0.4 is 5.73 Å². The zero-order valence-corrected chi connectivity index (χ0v) is 23.4. The molecule has 8 atom stereocenters. The molecule has 0 spiro atoms. The van der Waals surface area contributed by atoms with Crippen LogP contribution in [0, 0.1) is 11.8 Å². The normalized spacial score (nSPS) is 30.9. The third-order valence-corrected chi connectivity index (χ3v) is 6.60. The van der Waals surface area contributed by atoms with E-state index in [1.54, 1.807) is 6.92 Å². The Labute approximate surface area is 227 Å². The number of primary amides is 1. The van der Waals surface area contributed by atoms with Gasteiger partial charge in [-0.3, -0.25) is 9.59 Å². The lowest BCUT2D eigenvalue weighted by Crippen LogP contribution is -2.46. The highest BCUT2D eigenvalue weighted by Crippen LogP contribution is 2.29. The fourth-order valence-corrected chi connectivity index (χ4v) is 4.45. The molecule has 0 aliphatic carbocycles. The second kappa shape index (κ2) is 17.3. The number of ether oxygens (including phenoxy) is 3. The number of rotatable bonds is 10. The molecule has 9 nitrogen and oxygen atoms in total. The largest absolute Gasteiger partial charge is 0.459 e. The molecule has 1 amide bonds. The van der Waals surface area contributed by atoms with Gasteiger partial charge in [0.15, 0.2) is 7.85 Å². The van der Waals surface area contributed by atoms with Gasteiger partial charge in [-0.2, -0.15) is 0 Å². The monoisotopic (exact) mass is 534 g/mol. The molecule has 2 unspecified atom stereocenters. The van der Waals surface area contributed by atoms with Crippen LogP contribution in [-0.2, 0) is 28.6 Å². The molecule has 213 valence electrons. The summed E-state index contributed by atoms with van der Waals surface area (Å²) in [5.41, 5.74) is 5.69. The fraction of sp³-hybridized carbons (Fsp3) is 0.679. The Morgan fingerprint density at radius 1 is 1.16 bits per heavy atom. The number of carbonyl (C=O) groups excluding carboxylic acids is 3. The summed E-state index contributed by atoms with van der Waals surface area (Å²) in [6.45, 7) is 9.20. The van der Waals surface area contributed by atoms with Crippen LogP contribution in [0.25, 0.3) is 0 Å². The Balaban J connectivity index is 0.000000554. The van der Waals surface area contributed by atoms with Crippen LogP contribution in [0.1, 0.15) is 66.7 Å². The third kappa shape index (κ3) is 13.5. The highest BCUT2D eigenvalue weighted by Gasteiger charge is 2.36. The second-order valence-electron chi connectivity index (χ2n) is 10.3. The summed E-state index contributed by atoms with van der Waals surface area (Å²) in [7, 11) is 3.40. The molecule has 2 saturated heterocycles. The first kappa shape index (κ1) is 33.8. The first-order valence-electron chi connectivity index (χ1n) is 13.3. The zero-order chi connectivity index (χ0) is 28.8. The Kier molecular flexibility index (Phi) is 15.4. The van der Waals surface area contributed by atoms with Gasteiger partial charge in [0.05, 0.1) is 30.1 Å². The summed E-state index contributed by atoms with van der Waals surface area (Å²) < 4.78 is 16.6. The number of carbonyl (C=O) groups is 3. The minimum atomic E-state index is -0.780. The van der Waals surface area contributed by atoms with E-state index in [0.717, 1.165) is 24.5 Å². The quantitative estimate of drug-likeness (QED) is 0.167. The molecule has 0 aromatic carbocycles. The molecular weight excluding hydrogens is 489 g/mol. The lowest BCUT2D eigenvalue weighted by Gasteiger charge is -2.37. The number of hydrogen-bond donors (Lipinski definition) is 3. The highest BCUT2D eigenvalue weighted by molar-refractivity contribution is 6.57. The van der Waals surface area contributed by atoms with Crippen LogP contribution >= 0.6 is 0 Å². The SMILES string of the molecule is CC(=O)O[C@H](C)/C=C\C(N)=O.[BH]C(=O)C[C@@H]1CC(CO)[C@H](O)C(/C=C/C(C)=C/C[C@@H]2O[C@H](C)CC[C@@H]2C)O1. The molecular formula is C28H45BNO8. The number of aliphatic hydroxyl groups is 2. The first-order chi connectivity index (χ1) is 17.8. The summed E-state index contributed by atoms with van der Waals surface area (Å²) in [5, 5.41) is 19.9. The van der Waals surface area contributed by atoms with Gasteiger partial charge in [-0.1, -0.05) is 30.7 Å². The summed E-state index contributed by atoms with van der Waals surface area (Å²) >= 11 is 0. The molecule has 0 aromatic heterocycles. The molecule has 4 N–H and O–H groups in total. The van der Waals surface area contributed by atoms with Gasteiger partial charge in [0.1, 0.15) is 12.2 Å². The maximum atomic E-state index is 11.3. The lowest BCUT2D eigenvalue weighted by atomic mass is 9.85. The van der Waals surface area contributed by atoms with Crippen molar-refractivity contribution in [3.63, 3.8) is 0 Å². The maximum Gasteiger partial charge on any atom is 0.303 e. The number of esters is 1. The van der Waals surface area contributed by atoms with Crippen molar-refractivity contribution in [3.05, 3.63) is 36.0 Å². The molecule has 0 saturated carbocycles. The first-order valence-corrected chi connectivity index (χ1v) is 13.3. The molecule has 2 aliphatic heterocycles. The van der Waals surface area contributed by atoms with Crippen LogP contribution in [0.15, 0.2) is 36.0 Å². The van der Waals surface area contributed by atoms with E-state index in [4.69, 9.17) is 15.2 Å². The molecule has 10 heteroatoms. The smallest absolute Gasteiger partial charge is 0.303 e. The van der Waals surface area contributed by atoms with Crippen molar-refractivity contribution in [1.82, 2.24) is 0 Å². The molecule has 0 bridgehead atoms. The molecule has 0 aromatic rings. The van der Waals surface area contributed by atoms with Crippen molar-refractivity contribution in [1.29, 1.82) is 0 Å². The Hall–Kier alpha value is -2.27. The minimum absolute atomic E-state index is 0.124. The summed E-state index contributed by atoms with van der Waals surface area (Å²) in [5.74, 6) is -0.667. The number of nitrogens with two attached hydrogens (primary N) is 1. The standard InChI is InChI=1S/C21H34BO5.C7H11NO3/c1-13(4-8-18-14(2)6-7-15(3)26-18)5-9-19-21(25)16(12-23)10-17(27-19)11-20(22)24;1-5(11-6(2)9)3-4-7(8)10/h4-5,9,14-19,21-23,25H,6-8,10-12H2,1-3H3;3-5H,1-2H3,(H2,8,10)/b9-5+,13-4+;4-3-/t14-,15+,16?,17-,18-,19?,21-;5-/m01/s1. The lowest BCUT2D eigenvalue weighted by molar-refractivity contribution is -0.143. The Morgan fingerprint density at radius 2 is 1.84 bits per heavy atom. The van der Waals surface area contributed by atoms with Gasteiger partial charge in [0, 0.05) is 31.9 Å². The van der Waals surface area contributed by atoms with Crippen LogP contribution in [0.2, 0.25) is 0 Å². The zero-order valence-electron chi connectivity index (χ0n) is 23.4. The predicted molar refractivity (Wildman–Crippen MR) is 146 cm³/mol. The second-order valence-corrected chi connectivity index (χ2v) is 10.3. The number of hydrogen-bond acceptors (Lipinski definition) is 8. The van der Waals surface area contributed by atoms with Crippen molar-refractivity contribution in [2.45, 2.75) is 103 Å². The van der Waals surface area contributed by atoms with E-state index < -0.39 is 24.2 Å². The Bertz CT molecular complexity index is 858.